The molecule has 2 fully saturated rings. The second-order valence-electron chi connectivity index (χ2n) is 6.87. The van der Waals surface area contributed by atoms with Crippen LogP contribution in [0.1, 0.15) is 44.7 Å². The minimum atomic E-state index is 0.301. The Morgan fingerprint density at radius 3 is 2.55 bits per heavy atom. The number of benzene rings is 1. The first-order valence-corrected chi connectivity index (χ1v) is 8.72. The van der Waals surface area contributed by atoms with E-state index in [9.17, 15) is 4.79 Å². The van der Waals surface area contributed by atoms with Crippen molar-refractivity contribution >= 4 is 17.5 Å². The fraction of sp³-hybridized carbons (Fsp3) is 0.611. The minimum Gasteiger partial charge on any atom is -0.342 e. The highest BCUT2D eigenvalue weighted by molar-refractivity contribution is 6.30. The molecule has 1 aliphatic carbocycles. The van der Waals surface area contributed by atoms with Crippen molar-refractivity contribution in [3.05, 3.63) is 34.9 Å². The number of nitrogens with zero attached hydrogens (tertiary/aromatic N) is 1. The number of carbonyl (C=O) groups excluding carboxylic acids is 1. The van der Waals surface area contributed by atoms with Crippen molar-refractivity contribution in [2.24, 2.45) is 11.8 Å². The lowest BCUT2D eigenvalue weighted by Crippen LogP contribution is -2.50. The molecule has 0 aromatic heterocycles. The van der Waals surface area contributed by atoms with Crippen LogP contribution in [0, 0.1) is 11.8 Å². The number of nitrogens with one attached hydrogen (secondary N) is 1. The molecule has 22 heavy (non-hydrogen) atoms. The maximum absolute atomic E-state index is 12.2. The normalized spacial score (nSPS) is 26.8. The van der Waals surface area contributed by atoms with Gasteiger partial charge in [0.1, 0.15) is 0 Å². The van der Waals surface area contributed by atoms with Crippen LogP contribution in [-0.4, -0.2) is 29.9 Å². The molecular weight excluding hydrogens is 296 g/mol. The smallest absolute Gasteiger partial charge is 0.225 e. The summed E-state index contributed by atoms with van der Waals surface area (Å²) in [6.45, 7) is 6.22. The van der Waals surface area contributed by atoms with Crippen LogP contribution in [0.3, 0.4) is 0 Å². The lowest BCUT2D eigenvalue weighted by Gasteiger charge is -2.39. The summed E-state index contributed by atoms with van der Waals surface area (Å²) in [5.41, 5.74) is 1.26. The maximum Gasteiger partial charge on any atom is 0.225 e. The summed E-state index contributed by atoms with van der Waals surface area (Å²) in [7, 11) is 0. The van der Waals surface area contributed by atoms with Gasteiger partial charge in [-0.05, 0) is 49.8 Å². The second kappa shape index (κ2) is 6.59. The average Bonchev–Trinajstić information content (AvgIpc) is 3.34. The third-order valence-electron chi connectivity index (χ3n) is 4.98. The fourth-order valence-corrected chi connectivity index (χ4v) is 3.48. The molecule has 3 nitrogen and oxygen atoms in total. The van der Waals surface area contributed by atoms with Gasteiger partial charge in [0.25, 0.3) is 0 Å². The van der Waals surface area contributed by atoms with Crippen molar-refractivity contribution in [3.63, 3.8) is 0 Å². The minimum absolute atomic E-state index is 0.301. The average molecular weight is 321 g/mol. The van der Waals surface area contributed by atoms with Gasteiger partial charge >= 0.3 is 0 Å². The van der Waals surface area contributed by atoms with Gasteiger partial charge in [0.2, 0.25) is 5.91 Å². The quantitative estimate of drug-likeness (QED) is 0.918. The Bertz CT molecular complexity index is 526. The second-order valence-corrected chi connectivity index (χ2v) is 7.31. The van der Waals surface area contributed by atoms with Crippen molar-refractivity contribution in [2.75, 3.05) is 13.1 Å². The molecule has 3 unspecified atom stereocenters. The number of rotatable bonds is 4. The molecule has 1 saturated carbocycles. The van der Waals surface area contributed by atoms with Crippen molar-refractivity contribution in [1.82, 2.24) is 10.2 Å². The SMILES string of the molecule is CC(NC1CCN(C(=O)C2CC2)CC1C)c1ccc(Cl)cc1. The molecule has 1 N–H and O–H groups in total. The summed E-state index contributed by atoms with van der Waals surface area (Å²) < 4.78 is 0. The van der Waals surface area contributed by atoms with Gasteiger partial charge in [-0.3, -0.25) is 4.79 Å². The van der Waals surface area contributed by atoms with Crippen molar-refractivity contribution in [2.45, 2.75) is 45.2 Å². The van der Waals surface area contributed by atoms with E-state index in [1.807, 2.05) is 12.1 Å². The van der Waals surface area contributed by atoms with Gasteiger partial charge in [0, 0.05) is 36.1 Å². The summed E-state index contributed by atoms with van der Waals surface area (Å²) in [6.07, 6.45) is 3.23. The van der Waals surface area contributed by atoms with Crippen LogP contribution in [0.25, 0.3) is 0 Å². The number of hydrogen-bond acceptors (Lipinski definition) is 2. The largest absolute Gasteiger partial charge is 0.342 e. The predicted molar refractivity (Wildman–Crippen MR) is 89.9 cm³/mol. The molecule has 1 aromatic carbocycles. The molecule has 2 aliphatic rings. The van der Waals surface area contributed by atoms with E-state index in [2.05, 4.69) is 36.2 Å². The molecule has 0 spiro atoms. The van der Waals surface area contributed by atoms with Gasteiger partial charge in [-0.15, -0.1) is 0 Å². The molecule has 1 aromatic rings. The molecule has 4 heteroatoms. The van der Waals surface area contributed by atoms with Crippen molar-refractivity contribution in [1.29, 1.82) is 0 Å². The van der Waals surface area contributed by atoms with E-state index < -0.39 is 0 Å². The molecular formula is C18H25ClN2O. The molecule has 1 amide bonds. The first-order chi connectivity index (χ1) is 10.5. The summed E-state index contributed by atoms with van der Waals surface area (Å²) in [6, 6.07) is 8.81. The predicted octanol–water partition coefficient (Wildman–Crippen LogP) is 3.64. The number of halogens is 1. The topological polar surface area (TPSA) is 32.3 Å². The summed E-state index contributed by atoms with van der Waals surface area (Å²) >= 11 is 5.95. The van der Waals surface area contributed by atoms with E-state index in [1.54, 1.807) is 0 Å². The Hall–Kier alpha value is -1.06. The van der Waals surface area contributed by atoms with Gasteiger partial charge in [-0.25, -0.2) is 0 Å². The van der Waals surface area contributed by atoms with Crippen LogP contribution < -0.4 is 5.32 Å². The first kappa shape index (κ1) is 15.8. The Kier molecular flexibility index (Phi) is 4.74. The summed E-state index contributed by atoms with van der Waals surface area (Å²) in [5.74, 6) is 1.21. The van der Waals surface area contributed by atoms with Crippen LogP contribution in [0.15, 0.2) is 24.3 Å². The maximum atomic E-state index is 12.2. The van der Waals surface area contributed by atoms with E-state index in [4.69, 9.17) is 11.6 Å². The number of amides is 1. The van der Waals surface area contributed by atoms with Gasteiger partial charge in [0.05, 0.1) is 0 Å². The van der Waals surface area contributed by atoms with Gasteiger partial charge in [-0.1, -0.05) is 30.7 Å². The van der Waals surface area contributed by atoms with Crippen LogP contribution in [0.2, 0.25) is 5.02 Å². The number of likely N-dealkylation sites (tertiary alicyclic amines) is 1. The molecule has 1 saturated heterocycles. The zero-order valence-electron chi connectivity index (χ0n) is 13.4. The van der Waals surface area contributed by atoms with Crippen LogP contribution in [0.5, 0.6) is 0 Å². The summed E-state index contributed by atoms with van der Waals surface area (Å²) in [5, 5.41) is 4.50. The van der Waals surface area contributed by atoms with E-state index in [0.717, 1.165) is 37.4 Å². The number of hydrogen-bond donors (Lipinski definition) is 1. The summed E-state index contributed by atoms with van der Waals surface area (Å²) in [4.78, 5) is 14.3. The van der Waals surface area contributed by atoms with E-state index >= 15 is 0 Å². The Morgan fingerprint density at radius 2 is 1.95 bits per heavy atom. The lowest BCUT2D eigenvalue weighted by atomic mass is 9.92. The highest BCUT2D eigenvalue weighted by Gasteiger charge is 2.37. The van der Waals surface area contributed by atoms with E-state index in [0.29, 0.717) is 29.8 Å². The molecule has 1 heterocycles. The zero-order chi connectivity index (χ0) is 15.7. The van der Waals surface area contributed by atoms with Gasteiger partial charge in [0.15, 0.2) is 0 Å². The van der Waals surface area contributed by atoms with Crippen molar-refractivity contribution in [3.8, 4) is 0 Å². The monoisotopic (exact) mass is 320 g/mol. The Morgan fingerprint density at radius 1 is 1.27 bits per heavy atom. The molecule has 0 bridgehead atoms. The third kappa shape index (κ3) is 3.64. The standard InChI is InChI=1S/C18H25ClN2O/c1-12-11-21(18(22)15-3-4-15)10-9-17(12)20-13(2)14-5-7-16(19)8-6-14/h5-8,12-13,15,17,20H,3-4,9-11H2,1-2H3. The van der Waals surface area contributed by atoms with Crippen LogP contribution in [-0.2, 0) is 4.79 Å². The van der Waals surface area contributed by atoms with Crippen LogP contribution in [0.4, 0.5) is 0 Å². The highest BCUT2D eigenvalue weighted by Crippen LogP contribution is 2.32. The molecule has 120 valence electrons. The van der Waals surface area contributed by atoms with Crippen LogP contribution >= 0.6 is 11.6 Å². The number of carbonyl (C=O) groups is 1. The highest BCUT2D eigenvalue weighted by atomic mass is 35.5. The first-order valence-electron chi connectivity index (χ1n) is 8.35. The molecule has 1 aliphatic heterocycles. The van der Waals surface area contributed by atoms with Gasteiger partial charge in [-0.2, -0.15) is 0 Å². The van der Waals surface area contributed by atoms with Gasteiger partial charge < -0.3 is 10.2 Å². The van der Waals surface area contributed by atoms with Crippen molar-refractivity contribution < 1.29 is 4.79 Å². The molecule has 0 radical (unpaired) electrons. The fourth-order valence-electron chi connectivity index (χ4n) is 3.35. The Balaban J connectivity index is 1.54. The Labute approximate surface area is 138 Å². The lowest BCUT2D eigenvalue weighted by molar-refractivity contribution is -0.134. The molecule has 3 rings (SSSR count). The van der Waals surface area contributed by atoms with E-state index in [1.165, 1.54) is 5.56 Å². The number of piperidine rings is 1. The third-order valence-corrected chi connectivity index (χ3v) is 5.23. The molecule has 3 atom stereocenters. The zero-order valence-corrected chi connectivity index (χ0v) is 14.1. The van der Waals surface area contributed by atoms with E-state index in [-0.39, 0.29) is 0 Å².